The van der Waals surface area contributed by atoms with E-state index in [0.29, 0.717) is 5.41 Å². The van der Waals surface area contributed by atoms with Crippen molar-refractivity contribution in [3.8, 4) is 0 Å². The number of rotatable bonds is 5. The van der Waals surface area contributed by atoms with E-state index < -0.39 is 0 Å². The average Bonchev–Trinajstić information content (AvgIpc) is 2.25. The summed E-state index contributed by atoms with van der Waals surface area (Å²) in [6.07, 6.45) is 9.42. The molecule has 0 nitrogen and oxygen atoms in total. The third kappa shape index (κ3) is 6.31. The van der Waals surface area contributed by atoms with E-state index in [2.05, 4.69) is 64.1 Å². The van der Waals surface area contributed by atoms with E-state index in [9.17, 15) is 0 Å². The van der Waals surface area contributed by atoms with Crippen molar-refractivity contribution in [1.82, 2.24) is 0 Å². The van der Waals surface area contributed by atoms with Crippen LogP contribution in [0.1, 0.15) is 58.1 Å². The van der Waals surface area contributed by atoms with Crippen LogP contribution in [0.3, 0.4) is 0 Å². The highest BCUT2D eigenvalue weighted by Crippen LogP contribution is 2.20. The van der Waals surface area contributed by atoms with E-state index in [1.165, 1.54) is 30.4 Å². The molecule has 0 saturated heterocycles. The maximum Gasteiger partial charge on any atom is -0.0230 e. The van der Waals surface area contributed by atoms with Gasteiger partial charge in [0.1, 0.15) is 0 Å². The number of benzene rings is 1. The first-order chi connectivity index (χ1) is 8.01. The third-order valence-electron chi connectivity index (χ3n) is 2.75. The fraction of sp³-hybridized carbons (Fsp3) is 0.529. The van der Waals surface area contributed by atoms with Crippen LogP contribution in [-0.2, 0) is 6.42 Å². The molecule has 0 saturated carbocycles. The number of unbranched alkanes of at least 4 members (excludes halogenated alkanes) is 2. The monoisotopic (exact) mass is 230 g/mol. The largest absolute Gasteiger partial charge is 0.0839 e. The highest BCUT2D eigenvalue weighted by molar-refractivity contribution is 5.49. The Morgan fingerprint density at radius 1 is 1.06 bits per heavy atom. The summed E-state index contributed by atoms with van der Waals surface area (Å²) in [6.45, 7) is 9.08. The highest BCUT2D eigenvalue weighted by Gasteiger charge is 2.10. The van der Waals surface area contributed by atoms with Crippen molar-refractivity contribution >= 4 is 6.08 Å². The Balaban J connectivity index is 2.53. The lowest BCUT2D eigenvalue weighted by molar-refractivity contribution is 0.411. The quantitative estimate of drug-likeness (QED) is 0.588. The Labute approximate surface area is 107 Å². The number of hydrogen-bond acceptors (Lipinski definition) is 0. The summed E-state index contributed by atoms with van der Waals surface area (Å²) in [5.74, 6) is 0. The van der Waals surface area contributed by atoms with Crippen LogP contribution >= 0.6 is 0 Å². The van der Waals surface area contributed by atoms with Crippen molar-refractivity contribution in [2.45, 2.75) is 53.4 Å². The van der Waals surface area contributed by atoms with E-state index in [4.69, 9.17) is 0 Å². The zero-order chi connectivity index (χ0) is 12.7. The van der Waals surface area contributed by atoms with Crippen molar-refractivity contribution in [3.63, 3.8) is 0 Å². The zero-order valence-electron chi connectivity index (χ0n) is 11.8. The van der Waals surface area contributed by atoms with E-state index >= 15 is 0 Å². The van der Waals surface area contributed by atoms with Gasteiger partial charge in [0.05, 0.1) is 0 Å². The summed E-state index contributed by atoms with van der Waals surface area (Å²) >= 11 is 0. The van der Waals surface area contributed by atoms with Crippen molar-refractivity contribution in [2.75, 3.05) is 0 Å². The van der Waals surface area contributed by atoms with Gasteiger partial charge in [-0.1, -0.05) is 77.0 Å². The van der Waals surface area contributed by atoms with Gasteiger partial charge in [0, 0.05) is 0 Å². The van der Waals surface area contributed by atoms with Gasteiger partial charge in [0.2, 0.25) is 0 Å². The third-order valence-corrected chi connectivity index (χ3v) is 2.75. The Morgan fingerprint density at radius 3 is 2.24 bits per heavy atom. The summed E-state index contributed by atoms with van der Waals surface area (Å²) in [5.41, 5.74) is 3.13. The molecule has 0 heterocycles. The molecular formula is C17H26. The second kappa shape index (κ2) is 6.64. The molecule has 0 bridgehead atoms. The molecule has 0 aliphatic rings. The topological polar surface area (TPSA) is 0 Å². The fourth-order valence-electron chi connectivity index (χ4n) is 1.90. The molecule has 1 aromatic carbocycles. The van der Waals surface area contributed by atoms with Crippen LogP contribution in [0.2, 0.25) is 0 Å². The fourth-order valence-corrected chi connectivity index (χ4v) is 1.90. The van der Waals surface area contributed by atoms with Crippen molar-refractivity contribution in [3.05, 3.63) is 41.5 Å². The van der Waals surface area contributed by atoms with Gasteiger partial charge in [-0.05, 0) is 29.4 Å². The first kappa shape index (κ1) is 14.0. The van der Waals surface area contributed by atoms with Gasteiger partial charge < -0.3 is 0 Å². The molecular weight excluding hydrogens is 204 g/mol. The molecule has 0 fully saturated rings. The lowest BCUT2D eigenvalue weighted by atomic mass is 9.88. The van der Waals surface area contributed by atoms with Crippen LogP contribution < -0.4 is 0 Å². The van der Waals surface area contributed by atoms with Crippen LogP contribution in [0, 0.1) is 5.41 Å². The number of hydrogen-bond donors (Lipinski definition) is 0. The predicted octanol–water partition coefficient (Wildman–Crippen LogP) is 5.48. The lowest BCUT2D eigenvalue weighted by Crippen LogP contribution is -2.08. The zero-order valence-corrected chi connectivity index (χ0v) is 11.8. The molecule has 1 rings (SSSR count). The molecule has 94 valence electrons. The van der Waals surface area contributed by atoms with Gasteiger partial charge in [-0.25, -0.2) is 0 Å². The minimum Gasteiger partial charge on any atom is -0.0839 e. The van der Waals surface area contributed by atoms with E-state index in [-0.39, 0.29) is 0 Å². The van der Waals surface area contributed by atoms with E-state index in [0.717, 1.165) is 6.42 Å². The normalized spacial score (nSPS) is 12.2. The second-order valence-corrected chi connectivity index (χ2v) is 6.02. The summed E-state index contributed by atoms with van der Waals surface area (Å²) in [5, 5.41) is 0. The van der Waals surface area contributed by atoms with Gasteiger partial charge in [-0.2, -0.15) is 0 Å². The lowest BCUT2D eigenvalue weighted by Gasteiger charge is -2.17. The minimum absolute atomic E-state index is 0.373. The van der Waals surface area contributed by atoms with E-state index in [1.807, 2.05) is 0 Å². The van der Waals surface area contributed by atoms with Crippen LogP contribution in [-0.4, -0.2) is 0 Å². The van der Waals surface area contributed by atoms with Crippen molar-refractivity contribution in [2.24, 2.45) is 5.41 Å². The molecule has 0 unspecified atom stereocenters. The maximum atomic E-state index is 2.28. The van der Waals surface area contributed by atoms with Crippen LogP contribution in [0.25, 0.3) is 6.08 Å². The summed E-state index contributed by atoms with van der Waals surface area (Å²) in [6, 6.07) is 8.96. The molecule has 0 spiro atoms. The van der Waals surface area contributed by atoms with Gasteiger partial charge in [-0.15, -0.1) is 0 Å². The average molecular weight is 230 g/mol. The molecule has 0 aliphatic heterocycles. The van der Waals surface area contributed by atoms with Crippen LogP contribution in [0.5, 0.6) is 0 Å². The SMILES string of the molecule is CCCCC=Cc1ccc(CC(C)(C)C)cc1. The summed E-state index contributed by atoms with van der Waals surface area (Å²) < 4.78 is 0. The molecule has 1 aromatic rings. The second-order valence-electron chi connectivity index (χ2n) is 6.02. The Hall–Kier alpha value is -1.04. The Morgan fingerprint density at radius 2 is 1.71 bits per heavy atom. The summed E-state index contributed by atoms with van der Waals surface area (Å²) in [7, 11) is 0. The van der Waals surface area contributed by atoms with Crippen LogP contribution in [0.15, 0.2) is 30.3 Å². The first-order valence-corrected chi connectivity index (χ1v) is 6.77. The van der Waals surface area contributed by atoms with Crippen molar-refractivity contribution in [1.29, 1.82) is 0 Å². The highest BCUT2D eigenvalue weighted by atomic mass is 14.2. The number of allylic oxidation sites excluding steroid dienone is 1. The molecule has 0 radical (unpaired) electrons. The molecule has 0 N–H and O–H groups in total. The Bertz CT molecular complexity index is 335. The minimum atomic E-state index is 0.373. The standard InChI is InChI=1S/C17H26/c1-5-6-7-8-9-15-10-12-16(13-11-15)14-17(2,3)4/h8-13H,5-7,14H2,1-4H3. The molecule has 0 aromatic heterocycles. The summed E-state index contributed by atoms with van der Waals surface area (Å²) in [4.78, 5) is 0. The van der Waals surface area contributed by atoms with Gasteiger partial charge in [-0.3, -0.25) is 0 Å². The van der Waals surface area contributed by atoms with E-state index in [1.54, 1.807) is 0 Å². The predicted molar refractivity (Wildman–Crippen MR) is 78.2 cm³/mol. The molecule has 0 atom stereocenters. The van der Waals surface area contributed by atoms with Crippen molar-refractivity contribution < 1.29 is 0 Å². The van der Waals surface area contributed by atoms with Gasteiger partial charge in [0.25, 0.3) is 0 Å². The molecule has 0 heteroatoms. The van der Waals surface area contributed by atoms with Gasteiger partial charge in [0.15, 0.2) is 0 Å². The maximum absolute atomic E-state index is 2.28. The molecule has 17 heavy (non-hydrogen) atoms. The Kier molecular flexibility index (Phi) is 5.47. The van der Waals surface area contributed by atoms with Gasteiger partial charge >= 0.3 is 0 Å². The molecule has 0 amide bonds. The first-order valence-electron chi connectivity index (χ1n) is 6.77. The van der Waals surface area contributed by atoms with Crippen LogP contribution in [0.4, 0.5) is 0 Å². The smallest absolute Gasteiger partial charge is 0.0230 e. The molecule has 0 aliphatic carbocycles.